The van der Waals surface area contributed by atoms with Crippen molar-refractivity contribution in [2.24, 2.45) is 0 Å². The number of hydrogen-bond donors (Lipinski definition) is 1. The van der Waals surface area contributed by atoms with Gasteiger partial charge < -0.3 is 4.98 Å². The summed E-state index contributed by atoms with van der Waals surface area (Å²) in [5.74, 6) is 0. The fourth-order valence-corrected chi connectivity index (χ4v) is 3.92. The lowest BCUT2D eigenvalue weighted by molar-refractivity contribution is 0.0991. The second-order valence-electron chi connectivity index (χ2n) is 6.78. The monoisotopic (exact) mass is 297 g/mol. The Labute approximate surface area is 130 Å². The second-order valence-corrected chi connectivity index (χ2v) is 6.78. The molecule has 0 bridgehead atoms. The number of fused-ring (bicyclic) bond motifs is 2. The van der Waals surface area contributed by atoms with Crippen molar-refractivity contribution >= 4 is 10.9 Å². The van der Waals surface area contributed by atoms with E-state index in [1.165, 1.54) is 24.9 Å². The van der Waals surface area contributed by atoms with E-state index in [-0.39, 0.29) is 5.56 Å². The molecule has 0 spiro atoms. The van der Waals surface area contributed by atoms with Crippen LogP contribution in [0.1, 0.15) is 24.0 Å². The smallest absolute Gasteiger partial charge is 0.252 e. The molecule has 4 rings (SSSR count). The molecule has 116 valence electrons. The van der Waals surface area contributed by atoms with Crippen molar-refractivity contribution in [3.8, 4) is 0 Å². The molecule has 1 aromatic heterocycles. The van der Waals surface area contributed by atoms with Gasteiger partial charge in [0.2, 0.25) is 0 Å². The lowest BCUT2D eigenvalue weighted by atomic mass is 10.1. The zero-order valence-electron chi connectivity index (χ0n) is 13.1. The van der Waals surface area contributed by atoms with Gasteiger partial charge in [0.25, 0.3) is 5.56 Å². The predicted molar refractivity (Wildman–Crippen MR) is 89.2 cm³/mol. The van der Waals surface area contributed by atoms with Crippen LogP contribution in [0, 0.1) is 6.92 Å². The summed E-state index contributed by atoms with van der Waals surface area (Å²) in [5.41, 5.74) is 3.07. The molecule has 1 N–H and O–H groups in total. The van der Waals surface area contributed by atoms with Crippen LogP contribution in [0.2, 0.25) is 0 Å². The first-order valence-corrected chi connectivity index (χ1v) is 8.28. The number of hydrogen-bond acceptors (Lipinski definition) is 3. The van der Waals surface area contributed by atoms with Gasteiger partial charge in [-0.2, -0.15) is 0 Å². The number of pyridine rings is 1. The Balaban J connectivity index is 1.57. The van der Waals surface area contributed by atoms with Crippen LogP contribution in [-0.4, -0.2) is 47.0 Å². The number of benzene rings is 1. The van der Waals surface area contributed by atoms with Gasteiger partial charge in [-0.15, -0.1) is 0 Å². The van der Waals surface area contributed by atoms with Gasteiger partial charge in [0.15, 0.2) is 0 Å². The molecule has 2 saturated heterocycles. The number of rotatable bonds is 2. The molecule has 22 heavy (non-hydrogen) atoms. The molecule has 0 amide bonds. The highest BCUT2D eigenvalue weighted by Crippen LogP contribution is 2.22. The van der Waals surface area contributed by atoms with Gasteiger partial charge >= 0.3 is 0 Å². The Morgan fingerprint density at radius 3 is 3.05 bits per heavy atom. The van der Waals surface area contributed by atoms with Crippen LogP contribution < -0.4 is 5.56 Å². The molecule has 0 radical (unpaired) electrons. The Morgan fingerprint density at radius 1 is 1.23 bits per heavy atom. The summed E-state index contributed by atoms with van der Waals surface area (Å²) in [6.07, 6.45) is 2.64. The Bertz CT molecular complexity index is 752. The van der Waals surface area contributed by atoms with E-state index >= 15 is 0 Å². The second kappa shape index (κ2) is 5.52. The normalized spacial score (nSPS) is 23.0. The van der Waals surface area contributed by atoms with Crippen molar-refractivity contribution in [1.29, 1.82) is 0 Å². The minimum atomic E-state index is 0.0620. The molecular formula is C18H23N3O. The molecule has 1 atom stereocenters. The van der Waals surface area contributed by atoms with Crippen LogP contribution in [0.3, 0.4) is 0 Å². The maximum Gasteiger partial charge on any atom is 0.252 e. The average molecular weight is 297 g/mol. The van der Waals surface area contributed by atoms with Crippen molar-refractivity contribution in [3.05, 3.63) is 45.7 Å². The predicted octanol–water partition coefficient (Wildman–Crippen LogP) is 2.12. The molecule has 0 saturated carbocycles. The van der Waals surface area contributed by atoms with Gasteiger partial charge in [-0.1, -0.05) is 12.1 Å². The zero-order valence-corrected chi connectivity index (χ0v) is 13.1. The van der Waals surface area contributed by atoms with Gasteiger partial charge in [-0.25, -0.2) is 0 Å². The van der Waals surface area contributed by atoms with Crippen molar-refractivity contribution in [2.75, 3.05) is 26.2 Å². The third-order valence-corrected chi connectivity index (χ3v) is 5.14. The highest BCUT2D eigenvalue weighted by Gasteiger charge is 2.30. The SMILES string of the molecule is Cc1ccc2cc(CN3CCN4CCC[C@H]4C3)c(=O)[nH]c2c1. The molecule has 1 aromatic carbocycles. The molecule has 4 heteroatoms. The lowest BCUT2D eigenvalue weighted by Gasteiger charge is -2.37. The first-order chi connectivity index (χ1) is 10.7. The van der Waals surface area contributed by atoms with Crippen LogP contribution in [0.4, 0.5) is 0 Å². The quantitative estimate of drug-likeness (QED) is 0.923. The number of piperazine rings is 1. The summed E-state index contributed by atoms with van der Waals surface area (Å²) < 4.78 is 0. The zero-order chi connectivity index (χ0) is 15.1. The van der Waals surface area contributed by atoms with E-state index in [1.54, 1.807) is 0 Å². The summed E-state index contributed by atoms with van der Waals surface area (Å²) in [5, 5.41) is 1.12. The van der Waals surface area contributed by atoms with E-state index in [0.29, 0.717) is 6.04 Å². The van der Waals surface area contributed by atoms with Crippen molar-refractivity contribution in [3.63, 3.8) is 0 Å². The maximum absolute atomic E-state index is 12.4. The summed E-state index contributed by atoms with van der Waals surface area (Å²) in [6, 6.07) is 9.00. The first-order valence-electron chi connectivity index (χ1n) is 8.28. The van der Waals surface area contributed by atoms with Crippen molar-refractivity contribution in [2.45, 2.75) is 32.4 Å². The minimum Gasteiger partial charge on any atom is -0.322 e. The fraction of sp³-hybridized carbons (Fsp3) is 0.500. The topological polar surface area (TPSA) is 39.3 Å². The molecule has 0 unspecified atom stereocenters. The van der Waals surface area contributed by atoms with Gasteiger partial charge in [-0.3, -0.25) is 14.6 Å². The third kappa shape index (κ3) is 2.57. The Morgan fingerprint density at radius 2 is 2.14 bits per heavy atom. The van der Waals surface area contributed by atoms with Gasteiger partial charge in [0, 0.05) is 43.3 Å². The number of aryl methyl sites for hydroxylation is 1. The molecule has 2 aliphatic rings. The standard InChI is InChI=1S/C18H23N3O/c1-13-4-5-14-10-15(18(22)19-17(14)9-13)11-20-7-8-21-6-2-3-16(21)12-20/h4-5,9-10,16H,2-3,6-8,11-12H2,1H3,(H,19,22)/t16-/m0/s1. The van der Waals surface area contributed by atoms with Crippen LogP contribution in [0.5, 0.6) is 0 Å². The minimum absolute atomic E-state index is 0.0620. The van der Waals surface area contributed by atoms with Crippen LogP contribution >= 0.6 is 0 Å². The Kier molecular flexibility index (Phi) is 3.51. The van der Waals surface area contributed by atoms with Gasteiger partial charge in [-0.05, 0) is 49.4 Å². The first kappa shape index (κ1) is 14.0. The fourth-order valence-electron chi connectivity index (χ4n) is 3.92. The van der Waals surface area contributed by atoms with Gasteiger partial charge in [0.1, 0.15) is 0 Å². The number of aromatic amines is 1. The van der Waals surface area contributed by atoms with E-state index in [9.17, 15) is 4.79 Å². The summed E-state index contributed by atoms with van der Waals surface area (Å²) in [6.45, 7) is 7.40. The molecule has 3 heterocycles. The number of aromatic nitrogens is 1. The lowest BCUT2D eigenvalue weighted by Crippen LogP contribution is -2.49. The molecule has 0 aliphatic carbocycles. The van der Waals surface area contributed by atoms with E-state index in [0.717, 1.165) is 42.6 Å². The van der Waals surface area contributed by atoms with Crippen LogP contribution in [0.15, 0.2) is 29.1 Å². The highest BCUT2D eigenvalue weighted by atomic mass is 16.1. The highest BCUT2D eigenvalue weighted by molar-refractivity contribution is 5.79. The average Bonchev–Trinajstić information content (AvgIpc) is 2.96. The third-order valence-electron chi connectivity index (χ3n) is 5.14. The summed E-state index contributed by atoms with van der Waals surface area (Å²) >= 11 is 0. The number of nitrogens with one attached hydrogen (secondary N) is 1. The molecule has 2 aromatic rings. The van der Waals surface area contributed by atoms with Crippen molar-refractivity contribution in [1.82, 2.24) is 14.8 Å². The molecule has 4 nitrogen and oxygen atoms in total. The van der Waals surface area contributed by atoms with E-state index < -0.39 is 0 Å². The number of H-pyrrole nitrogens is 1. The van der Waals surface area contributed by atoms with Gasteiger partial charge in [0.05, 0.1) is 0 Å². The molecular weight excluding hydrogens is 274 g/mol. The maximum atomic E-state index is 12.4. The Hall–Kier alpha value is -1.65. The van der Waals surface area contributed by atoms with Crippen molar-refractivity contribution < 1.29 is 0 Å². The van der Waals surface area contributed by atoms with E-state index in [4.69, 9.17) is 0 Å². The molecule has 2 aliphatic heterocycles. The molecule has 2 fully saturated rings. The number of nitrogens with zero attached hydrogens (tertiary/aromatic N) is 2. The summed E-state index contributed by atoms with van der Waals surface area (Å²) in [4.78, 5) is 20.4. The van der Waals surface area contributed by atoms with E-state index in [1.807, 2.05) is 13.0 Å². The summed E-state index contributed by atoms with van der Waals surface area (Å²) in [7, 11) is 0. The van der Waals surface area contributed by atoms with E-state index in [2.05, 4.69) is 33.0 Å². The van der Waals surface area contributed by atoms with Crippen LogP contribution in [-0.2, 0) is 6.54 Å². The van der Waals surface area contributed by atoms with Crippen LogP contribution in [0.25, 0.3) is 10.9 Å². The largest absolute Gasteiger partial charge is 0.322 e.